The molecule has 0 radical (unpaired) electrons. The number of furan rings is 1. The van der Waals surface area contributed by atoms with Crippen LogP contribution >= 0.6 is 0 Å². The van der Waals surface area contributed by atoms with Gasteiger partial charge in [-0.3, -0.25) is 14.3 Å². The molecule has 1 aromatic carbocycles. The second-order valence-corrected chi connectivity index (χ2v) is 5.14. The lowest BCUT2D eigenvalue weighted by molar-refractivity contribution is 0.0944. The molecule has 7 nitrogen and oxygen atoms in total. The number of carbonyl (C=O) groups is 2. The summed E-state index contributed by atoms with van der Waals surface area (Å²) >= 11 is 0. The standard InChI is InChI=1S/C17H16N4O3/c1-21-15(19-17(23)14-8-5-9-24-14)10-13(20-21)16(22)18-11-12-6-3-2-4-7-12/h2-10H,11H2,1H3,(H,18,22)(H,19,23). The fourth-order valence-electron chi connectivity index (χ4n) is 2.15. The molecule has 0 aliphatic carbocycles. The number of aryl methyl sites for hydroxylation is 1. The molecule has 0 aliphatic rings. The van der Waals surface area contributed by atoms with E-state index in [1.807, 2.05) is 30.3 Å². The second-order valence-electron chi connectivity index (χ2n) is 5.14. The zero-order valence-corrected chi connectivity index (χ0v) is 13.0. The van der Waals surface area contributed by atoms with E-state index in [0.717, 1.165) is 5.56 Å². The number of nitrogens with one attached hydrogen (secondary N) is 2. The molecule has 24 heavy (non-hydrogen) atoms. The van der Waals surface area contributed by atoms with Crippen molar-refractivity contribution in [3.8, 4) is 0 Å². The van der Waals surface area contributed by atoms with Crippen molar-refractivity contribution in [2.45, 2.75) is 6.54 Å². The SMILES string of the molecule is Cn1nc(C(=O)NCc2ccccc2)cc1NC(=O)c1ccco1. The average molecular weight is 324 g/mol. The lowest BCUT2D eigenvalue weighted by atomic mass is 10.2. The molecule has 3 rings (SSSR count). The van der Waals surface area contributed by atoms with Gasteiger partial charge in [0, 0.05) is 19.7 Å². The molecule has 2 amide bonds. The molecule has 3 aromatic rings. The Balaban J connectivity index is 1.64. The van der Waals surface area contributed by atoms with Gasteiger partial charge in [-0.25, -0.2) is 0 Å². The van der Waals surface area contributed by atoms with Crippen LogP contribution in [0.1, 0.15) is 26.6 Å². The highest BCUT2D eigenvalue weighted by molar-refractivity contribution is 6.02. The van der Waals surface area contributed by atoms with Crippen LogP contribution in [-0.2, 0) is 13.6 Å². The van der Waals surface area contributed by atoms with Crippen LogP contribution in [0.2, 0.25) is 0 Å². The molecule has 0 aliphatic heterocycles. The molecule has 0 spiro atoms. The van der Waals surface area contributed by atoms with E-state index in [1.165, 1.54) is 17.0 Å². The molecule has 2 aromatic heterocycles. The predicted molar refractivity (Wildman–Crippen MR) is 87.5 cm³/mol. The summed E-state index contributed by atoms with van der Waals surface area (Å²) < 4.78 is 6.46. The number of anilines is 1. The number of benzene rings is 1. The lowest BCUT2D eigenvalue weighted by Crippen LogP contribution is -2.23. The van der Waals surface area contributed by atoms with Gasteiger partial charge < -0.3 is 15.1 Å². The molecule has 2 heterocycles. The molecule has 7 heteroatoms. The Bertz CT molecular complexity index is 838. The van der Waals surface area contributed by atoms with Crippen LogP contribution in [0.3, 0.4) is 0 Å². The van der Waals surface area contributed by atoms with Gasteiger partial charge in [0.25, 0.3) is 11.8 Å². The monoisotopic (exact) mass is 324 g/mol. The number of hydrogen-bond acceptors (Lipinski definition) is 4. The Morgan fingerprint density at radius 2 is 1.92 bits per heavy atom. The van der Waals surface area contributed by atoms with Gasteiger partial charge in [-0.2, -0.15) is 5.10 Å². The Kier molecular flexibility index (Phi) is 4.42. The van der Waals surface area contributed by atoms with Crippen molar-refractivity contribution in [2.75, 3.05) is 5.32 Å². The normalized spacial score (nSPS) is 10.4. The Morgan fingerprint density at radius 3 is 2.62 bits per heavy atom. The zero-order chi connectivity index (χ0) is 16.9. The number of rotatable bonds is 5. The number of carbonyl (C=O) groups excluding carboxylic acids is 2. The van der Waals surface area contributed by atoms with Crippen molar-refractivity contribution in [3.05, 3.63) is 71.8 Å². The maximum absolute atomic E-state index is 12.2. The molecule has 0 unspecified atom stereocenters. The molecule has 122 valence electrons. The third-order valence-electron chi connectivity index (χ3n) is 3.39. The molecule has 0 saturated heterocycles. The van der Waals surface area contributed by atoms with E-state index in [2.05, 4.69) is 15.7 Å². The summed E-state index contributed by atoms with van der Waals surface area (Å²) in [5, 5.41) is 9.56. The molecular formula is C17H16N4O3. The van der Waals surface area contributed by atoms with Crippen LogP contribution in [-0.4, -0.2) is 21.6 Å². The molecule has 0 fully saturated rings. The van der Waals surface area contributed by atoms with Crippen LogP contribution in [0.4, 0.5) is 5.82 Å². The summed E-state index contributed by atoms with van der Waals surface area (Å²) in [6, 6.07) is 14.3. The van der Waals surface area contributed by atoms with Crippen LogP contribution in [0.15, 0.2) is 59.2 Å². The van der Waals surface area contributed by atoms with Gasteiger partial charge in [0.2, 0.25) is 0 Å². The van der Waals surface area contributed by atoms with Crippen LogP contribution in [0.5, 0.6) is 0 Å². The van der Waals surface area contributed by atoms with Gasteiger partial charge in [-0.15, -0.1) is 0 Å². The van der Waals surface area contributed by atoms with Crippen molar-refractivity contribution < 1.29 is 14.0 Å². The molecule has 0 bridgehead atoms. The van der Waals surface area contributed by atoms with E-state index >= 15 is 0 Å². The zero-order valence-electron chi connectivity index (χ0n) is 13.0. The van der Waals surface area contributed by atoms with Crippen LogP contribution in [0.25, 0.3) is 0 Å². The number of nitrogens with zero attached hydrogens (tertiary/aromatic N) is 2. The second kappa shape index (κ2) is 6.82. The topological polar surface area (TPSA) is 89.2 Å². The molecular weight excluding hydrogens is 308 g/mol. The number of aromatic nitrogens is 2. The summed E-state index contributed by atoms with van der Waals surface area (Å²) in [7, 11) is 1.64. The first kappa shape index (κ1) is 15.5. The van der Waals surface area contributed by atoms with Gasteiger partial charge >= 0.3 is 0 Å². The highest BCUT2D eigenvalue weighted by atomic mass is 16.3. The fourth-order valence-corrected chi connectivity index (χ4v) is 2.15. The Hall–Kier alpha value is -3.35. The van der Waals surface area contributed by atoms with E-state index in [4.69, 9.17) is 4.42 Å². The van der Waals surface area contributed by atoms with E-state index in [1.54, 1.807) is 19.2 Å². The summed E-state index contributed by atoms with van der Waals surface area (Å²) in [5.41, 5.74) is 1.22. The number of hydrogen-bond donors (Lipinski definition) is 2. The minimum absolute atomic E-state index is 0.186. The summed E-state index contributed by atoms with van der Waals surface area (Å²) in [6.45, 7) is 0.407. The van der Waals surface area contributed by atoms with Crippen molar-refractivity contribution in [1.29, 1.82) is 0 Å². The Labute approximate surface area is 138 Å². The summed E-state index contributed by atoms with van der Waals surface area (Å²) in [6.07, 6.45) is 1.42. The highest BCUT2D eigenvalue weighted by Gasteiger charge is 2.16. The van der Waals surface area contributed by atoms with Gasteiger partial charge in [-0.05, 0) is 17.7 Å². The smallest absolute Gasteiger partial charge is 0.292 e. The first-order valence-electron chi connectivity index (χ1n) is 7.34. The maximum atomic E-state index is 12.2. The largest absolute Gasteiger partial charge is 0.459 e. The third kappa shape index (κ3) is 3.52. The van der Waals surface area contributed by atoms with Crippen molar-refractivity contribution in [2.24, 2.45) is 7.05 Å². The maximum Gasteiger partial charge on any atom is 0.292 e. The minimum Gasteiger partial charge on any atom is -0.459 e. The summed E-state index contributed by atoms with van der Waals surface area (Å²) in [4.78, 5) is 24.2. The third-order valence-corrected chi connectivity index (χ3v) is 3.39. The van der Waals surface area contributed by atoms with E-state index < -0.39 is 5.91 Å². The van der Waals surface area contributed by atoms with Crippen LogP contribution in [0, 0.1) is 0 Å². The first-order valence-corrected chi connectivity index (χ1v) is 7.34. The number of amides is 2. The van der Waals surface area contributed by atoms with Gasteiger partial charge in [0.1, 0.15) is 5.82 Å². The van der Waals surface area contributed by atoms with E-state index in [9.17, 15) is 9.59 Å². The molecule has 0 saturated carbocycles. The highest BCUT2D eigenvalue weighted by Crippen LogP contribution is 2.12. The van der Waals surface area contributed by atoms with Crippen molar-refractivity contribution in [1.82, 2.24) is 15.1 Å². The quantitative estimate of drug-likeness (QED) is 0.753. The summed E-state index contributed by atoms with van der Waals surface area (Å²) in [5.74, 6) is -0.125. The van der Waals surface area contributed by atoms with Gasteiger partial charge in [-0.1, -0.05) is 30.3 Å². The first-order chi connectivity index (χ1) is 11.6. The lowest BCUT2D eigenvalue weighted by Gasteiger charge is -2.02. The Morgan fingerprint density at radius 1 is 1.12 bits per heavy atom. The fraction of sp³-hybridized carbons (Fsp3) is 0.118. The van der Waals surface area contributed by atoms with E-state index in [0.29, 0.717) is 12.4 Å². The predicted octanol–water partition coefficient (Wildman–Crippen LogP) is 2.20. The van der Waals surface area contributed by atoms with Crippen molar-refractivity contribution >= 4 is 17.6 Å². The van der Waals surface area contributed by atoms with Gasteiger partial charge in [0.15, 0.2) is 11.5 Å². The molecule has 2 N–H and O–H groups in total. The average Bonchev–Trinajstić information content (AvgIpc) is 3.24. The van der Waals surface area contributed by atoms with Gasteiger partial charge in [0.05, 0.1) is 6.26 Å². The van der Waals surface area contributed by atoms with Crippen LogP contribution < -0.4 is 10.6 Å². The van der Waals surface area contributed by atoms with Crippen molar-refractivity contribution in [3.63, 3.8) is 0 Å². The minimum atomic E-state index is -0.403. The van der Waals surface area contributed by atoms with E-state index in [-0.39, 0.29) is 17.4 Å². The molecule has 0 atom stereocenters.